The SMILES string of the molecule is CCC(CNC(=O)N1CCCOc2ccccc21)C(=O)O. The smallest absolute Gasteiger partial charge is 0.322 e. The van der Waals surface area contributed by atoms with Gasteiger partial charge in [-0.05, 0) is 25.0 Å². The Labute approximate surface area is 123 Å². The van der Waals surface area contributed by atoms with Crippen LogP contribution in [0.15, 0.2) is 24.3 Å². The van der Waals surface area contributed by atoms with Gasteiger partial charge in [-0.2, -0.15) is 0 Å². The lowest BCUT2D eigenvalue weighted by Crippen LogP contribution is -2.43. The van der Waals surface area contributed by atoms with Gasteiger partial charge < -0.3 is 15.2 Å². The van der Waals surface area contributed by atoms with Crippen molar-refractivity contribution in [2.75, 3.05) is 24.6 Å². The maximum atomic E-state index is 12.3. The molecule has 0 saturated heterocycles. The van der Waals surface area contributed by atoms with Crippen molar-refractivity contribution in [3.05, 3.63) is 24.3 Å². The molecule has 6 heteroatoms. The topological polar surface area (TPSA) is 78.9 Å². The number of rotatable bonds is 4. The number of amides is 2. The molecule has 0 saturated carbocycles. The first-order valence-corrected chi connectivity index (χ1v) is 7.13. The molecular weight excluding hydrogens is 272 g/mol. The van der Waals surface area contributed by atoms with Crippen LogP contribution < -0.4 is 15.0 Å². The fourth-order valence-corrected chi connectivity index (χ4v) is 2.25. The molecule has 114 valence electrons. The second kappa shape index (κ2) is 6.97. The molecule has 1 atom stereocenters. The molecule has 2 N–H and O–H groups in total. The zero-order chi connectivity index (χ0) is 15.2. The minimum Gasteiger partial charge on any atom is -0.491 e. The molecule has 1 aliphatic rings. The zero-order valence-corrected chi connectivity index (χ0v) is 12.0. The highest BCUT2D eigenvalue weighted by Gasteiger charge is 2.23. The monoisotopic (exact) mass is 292 g/mol. The molecule has 1 aromatic carbocycles. The Morgan fingerprint density at radius 3 is 2.90 bits per heavy atom. The summed E-state index contributed by atoms with van der Waals surface area (Å²) in [5.74, 6) is -0.778. The van der Waals surface area contributed by atoms with E-state index in [2.05, 4.69) is 5.32 Å². The predicted octanol–water partition coefficient (Wildman–Crippen LogP) is 2.10. The largest absolute Gasteiger partial charge is 0.491 e. The number of nitrogens with one attached hydrogen (secondary N) is 1. The predicted molar refractivity (Wildman–Crippen MR) is 78.7 cm³/mol. The number of fused-ring (bicyclic) bond motifs is 1. The van der Waals surface area contributed by atoms with E-state index >= 15 is 0 Å². The van der Waals surface area contributed by atoms with Gasteiger partial charge in [0.15, 0.2) is 0 Å². The van der Waals surface area contributed by atoms with Crippen LogP contribution in [0.1, 0.15) is 19.8 Å². The van der Waals surface area contributed by atoms with Crippen molar-refractivity contribution < 1.29 is 19.4 Å². The summed E-state index contributed by atoms with van der Waals surface area (Å²) in [5, 5.41) is 11.7. The molecule has 1 heterocycles. The number of carbonyl (C=O) groups is 2. The lowest BCUT2D eigenvalue weighted by Gasteiger charge is -2.23. The summed E-state index contributed by atoms with van der Waals surface area (Å²) >= 11 is 0. The molecule has 0 aromatic heterocycles. The van der Waals surface area contributed by atoms with E-state index in [1.807, 2.05) is 24.3 Å². The summed E-state index contributed by atoms with van der Waals surface area (Å²) in [6, 6.07) is 7.08. The van der Waals surface area contributed by atoms with Gasteiger partial charge in [0, 0.05) is 13.1 Å². The van der Waals surface area contributed by atoms with Gasteiger partial charge in [-0.1, -0.05) is 19.1 Å². The van der Waals surface area contributed by atoms with Crippen molar-refractivity contribution in [3.63, 3.8) is 0 Å². The van der Waals surface area contributed by atoms with E-state index in [0.29, 0.717) is 25.3 Å². The van der Waals surface area contributed by atoms with Crippen LogP contribution >= 0.6 is 0 Å². The minimum absolute atomic E-state index is 0.129. The van der Waals surface area contributed by atoms with Gasteiger partial charge in [0.1, 0.15) is 5.75 Å². The molecule has 0 radical (unpaired) electrons. The Bertz CT molecular complexity index is 518. The lowest BCUT2D eigenvalue weighted by atomic mass is 10.1. The summed E-state index contributed by atoms with van der Waals surface area (Å²) in [6.07, 6.45) is 1.22. The number of urea groups is 1. The number of hydrogen-bond donors (Lipinski definition) is 2. The van der Waals surface area contributed by atoms with Gasteiger partial charge in [-0.3, -0.25) is 9.69 Å². The number of carbonyl (C=O) groups excluding carboxylic acids is 1. The van der Waals surface area contributed by atoms with Gasteiger partial charge in [0.25, 0.3) is 0 Å². The molecule has 2 amide bonds. The maximum Gasteiger partial charge on any atom is 0.322 e. The standard InChI is InChI=1S/C15H20N2O4/c1-2-11(14(18)19)10-16-15(20)17-8-5-9-21-13-7-4-3-6-12(13)17/h3-4,6-7,11H,2,5,8-10H2,1H3,(H,16,20)(H,18,19). The average molecular weight is 292 g/mol. The Kier molecular flexibility index (Phi) is 5.03. The van der Waals surface area contributed by atoms with E-state index in [9.17, 15) is 9.59 Å². The van der Waals surface area contributed by atoms with Crippen LogP contribution in [0, 0.1) is 5.92 Å². The second-order valence-electron chi connectivity index (χ2n) is 4.95. The van der Waals surface area contributed by atoms with E-state index in [4.69, 9.17) is 9.84 Å². The fraction of sp³-hybridized carbons (Fsp3) is 0.467. The van der Waals surface area contributed by atoms with Crippen LogP contribution in [0.5, 0.6) is 5.75 Å². The molecule has 1 unspecified atom stereocenters. The first kappa shape index (κ1) is 15.2. The van der Waals surface area contributed by atoms with Crippen LogP contribution in [-0.2, 0) is 4.79 Å². The number of anilines is 1. The van der Waals surface area contributed by atoms with E-state index < -0.39 is 11.9 Å². The molecule has 6 nitrogen and oxygen atoms in total. The number of carboxylic acid groups (broad SMARTS) is 1. The molecule has 2 rings (SSSR count). The first-order chi connectivity index (χ1) is 10.1. The highest BCUT2D eigenvalue weighted by molar-refractivity contribution is 5.93. The highest BCUT2D eigenvalue weighted by Crippen LogP contribution is 2.30. The van der Waals surface area contributed by atoms with Crippen molar-refractivity contribution in [2.24, 2.45) is 5.92 Å². The third-order valence-electron chi connectivity index (χ3n) is 3.53. The van der Waals surface area contributed by atoms with Crippen molar-refractivity contribution >= 4 is 17.7 Å². The number of carboxylic acids is 1. The molecule has 0 fully saturated rings. The van der Waals surface area contributed by atoms with E-state index in [1.54, 1.807) is 11.8 Å². The number of ether oxygens (including phenoxy) is 1. The Hall–Kier alpha value is -2.24. The number of benzene rings is 1. The van der Waals surface area contributed by atoms with Crippen LogP contribution in [0.3, 0.4) is 0 Å². The Morgan fingerprint density at radius 2 is 2.19 bits per heavy atom. The first-order valence-electron chi connectivity index (χ1n) is 7.13. The third-order valence-corrected chi connectivity index (χ3v) is 3.53. The molecule has 0 spiro atoms. The quantitative estimate of drug-likeness (QED) is 0.890. The summed E-state index contributed by atoms with van der Waals surface area (Å²) in [6.45, 7) is 3.03. The third kappa shape index (κ3) is 3.65. The average Bonchev–Trinajstić information content (AvgIpc) is 2.69. The second-order valence-corrected chi connectivity index (χ2v) is 4.95. The zero-order valence-electron chi connectivity index (χ0n) is 12.0. The summed E-state index contributed by atoms with van der Waals surface area (Å²) < 4.78 is 5.60. The van der Waals surface area contributed by atoms with Crippen LogP contribution in [0.25, 0.3) is 0 Å². The molecule has 0 bridgehead atoms. The van der Waals surface area contributed by atoms with E-state index in [1.165, 1.54) is 0 Å². The van der Waals surface area contributed by atoms with E-state index in [-0.39, 0.29) is 12.6 Å². The molecule has 1 aliphatic heterocycles. The molecule has 21 heavy (non-hydrogen) atoms. The van der Waals surface area contributed by atoms with Gasteiger partial charge in [0.2, 0.25) is 0 Å². The van der Waals surface area contributed by atoms with Gasteiger partial charge in [-0.25, -0.2) is 4.79 Å². The minimum atomic E-state index is -0.891. The van der Waals surface area contributed by atoms with Crippen LogP contribution in [-0.4, -0.2) is 36.8 Å². The van der Waals surface area contributed by atoms with Gasteiger partial charge in [-0.15, -0.1) is 0 Å². The number of para-hydroxylation sites is 2. The normalized spacial score (nSPS) is 15.4. The maximum absolute atomic E-state index is 12.3. The molecule has 1 aromatic rings. The van der Waals surface area contributed by atoms with Crippen molar-refractivity contribution in [2.45, 2.75) is 19.8 Å². The Balaban J connectivity index is 2.07. The number of aliphatic carboxylic acids is 1. The summed E-state index contributed by atoms with van der Waals surface area (Å²) in [4.78, 5) is 24.9. The molecule has 0 aliphatic carbocycles. The highest BCUT2D eigenvalue weighted by atomic mass is 16.5. The summed E-state index contributed by atoms with van der Waals surface area (Å²) in [7, 11) is 0. The van der Waals surface area contributed by atoms with Crippen molar-refractivity contribution in [3.8, 4) is 5.75 Å². The fourth-order valence-electron chi connectivity index (χ4n) is 2.25. The van der Waals surface area contributed by atoms with Gasteiger partial charge >= 0.3 is 12.0 Å². The Morgan fingerprint density at radius 1 is 1.43 bits per heavy atom. The van der Waals surface area contributed by atoms with E-state index in [0.717, 1.165) is 12.1 Å². The van der Waals surface area contributed by atoms with Crippen LogP contribution in [0.2, 0.25) is 0 Å². The van der Waals surface area contributed by atoms with Crippen LogP contribution in [0.4, 0.5) is 10.5 Å². The lowest BCUT2D eigenvalue weighted by molar-refractivity contribution is -0.141. The van der Waals surface area contributed by atoms with Crippen molar-refractivity contribution in [1.29, 1.82) is 0 Å². The number of nitrogens with zero attached hydrogens (tertiary/aromatic N) is 1. The summed E-state index contributed by atoms with van der Waals surface area (Å²) in [5.41, 5.74) is 0.718. The van der Waals surface area contributed by atoms with Gasteiger partial charge in [0.05, 0.1) is 18.2 Å². The van der Waals surface area contributed by atoms with Crippen molar-refractivity contribution in [1.82, 2.24) is 5.32 Å². The number of hydrogen-bond acceptors (Lipinski definition) is 3. The molecular formula is C15H20N2O4.